The maximum Gasteiger partial charge on any atom is 0.263 e. The topological polar surface area (TPSA) is 51.2 Å². The zero-order chi connectivity index (χ0) is 18.0. The van der Waals surface area contributed by atoms with Gasteiger partial charge in [0.1, 0.15) is 22.9 Å². The van der Waals surface area contributed by atoms with Crippen molar-refractivity contribution >= 4 is 22.4 Å². The van der Waals surface area contributed by atoms with Gasteiger partial charge in [0, 0.05) is 0 Å². The highest BCUT2D eigenvalue weighted by Gasteiger charge is 2.19. The third kappa shape index (κ3) is 3.51. The van der Waals surface area contributed by atoms with E-state index in [0.717, 1.165) is 22.6 Å². The van der Waals surface area contributed by atoms with Crippen molar-refractivity contribution < 1.29 is 18.3 Å². The summed E-state index contributed by atoms with van der Waals surface area (Å²) in [4.78, 5) is 17.3. The molecule has 0 unspecified atom stereocenters. The Bertz CT molecular complexity index is 920. The summed E-state index contributed by atoms with van der Waals surface area (Å²) in [7, 11) is 1.58. The largest absolute Gasteiger partial charge is 0.497 e. The molecule has 25 heavy (non-hydrogen) atoms. The number of thiazole rings is 1. The lowest BCUT2D eigenvalue weighted by Gasteiger charge is -2.04. The number of anilines is 1. The number of aromatic nitrogens is 1. The Balaban J connectivity index is 1.89. The van der Waals surface area contributed by atoms with E-state index in [9.17, 15) is 13.6 Å². The zero-order valence-corrected chi connectivity index (χ0v) is 14.3. The van der Waals surface area contributed by atoms with E-state index in [4.69, 9.17) is 4.74 Å². The van der Waals surface area contributed by atoms with Gasteiger partial charge in [-0.1, -0.05) is 29.5 Å². The van der Waals surface area contributed by atoms with E-state index in [1.165, 1.54) is 17.4 Å². The third-order valence-corrected chi connectivity index (χ3v) is 4.66. The molecule has 1 heterocycles. The highest BCUT2D eigenvalue weighted by Crippen LogP contribution is 2.34. The molecule has 0 atom stereocenters. The predicted octanol–water partition coefficient (Wildman–Crippen LogP) is 4.66. The van der Waals surface area contributed by atoms with Crippen LogP contribution in [0.4, 0.5) is 13.9 Å². The summed E-state index contributed by atoms with van der Waals surface area (Å²) < 4.78 is 32.6. The molecule has 2 aromatic carbocycles. The van der Waals surface area contributed by atoms with Crippen LogP contribution in [-0.4, -0.2) is 18.0 Å². The van der Waals surface area contributed by atoms with Crippen molar-refractivity contribution in [3.8, 4) is 16.2 Å². The number of amides is 1. The van der Waals surface area contributed by atoms with E-state index >= 15 is 0 Å². The Morgan fingerprint density at radius 2 is 1.84 bits per heavy atom. The monoisotopic (exact) mass is 360 g/mol. The standard InChI is InChI=1S/C18H14F2N2O2S/c1-10-16(11-5-3-6-12(9-11)24-2)25-18(21-10)22-17(23)15-13(19)7-4-8-14(15)20/h3-9H,1-2H3,(H,21,22,23). The number of carbonyl (C=O) groups is 1. The van der Waals surface area contributed by atoms with E-state index in [0.29, 0.717) is 11.4 Å². The second-order valence-corrected chi connectivity index (χ2v) is 6.22. The second kappa shape index (κ2) is 6.98. The lowest BCUT2D eigenvalue weighted by atomic mass is 10.1. The summed E-state index contributed by atoms with van der Waals surface area (Å²) in [5.74, 6) is -2.01. The Kier molecular flexibility index (Phi) is 4.76. The van der Waals surface area contributed by atoms with E-state index in [2.05, 4.69) is 10.3 Å². The minimum atomic E-state index is -0.918. The number of methoxy groups -OCH3 is 1. The van der Waals surface area contributed by atoms with Gasteiger partial charge >= 0.3 is 0 Å². The fraction of sp³-hybridized carbons (Fsp3) is 0.111. The van der Waals surface area contributed by atoms with Crippen LogP contribution in [0.25, 0.3) is 10.4 Å². The molecule has 0 saturated heterocycles. The van der Waals surface area contributed by atoms with Gasteiger partial charge in [-0.2, -0.15) is 0 Å². The predicted molar refractivity (Wildman–Crippen MR) is 93.2 cm³/mol. The number of benzene rings is 2. The summed E-state index contributed by atoms with van der Waals surface area (Å²) >= 11 is 1.22. The van der Waals surface area contributed by atoms with Crippen LogP contribution in [0, 0.1) is 18.6 Å². The molecule has 1 aromatic heterocycles. The molecule has 7 heteroatoms. The van der Waals surface area contributed by atoms with E-state index in [-0.39, 0.29) is 5.13 Å². The SMILES string of the molecule is COc1cccc(-c2sc(NC(=O)c3c(F)cccc3F)nc2C)c1. The summed E-state index contributed by atoms with van der Waals surface area (Å²) in [6, 6.07) is 10.7. The molecule has 3 aromatic rings. The zero-order valence-electron chi connectivity index (χ0n) is 13.5. The van der Waals surface area contributed by atoms with Crippen molar-refractivity contribution in [1.82, 2.24) is 4.98 Å². The number of aryl methyl sites for hydroxylation is 1. The van der Waals surface area contributed by atoms with E-state index in [1.807, 2.05) is 24.3 Å². The first-order chi connectivity index (χ1) is 12.0. The lowest BCUT2D eigenvalue weighted by molar-refractivity contribution is 0.101. The first kappa shape index (κ1) is 17.0. The highest BCUT2D eigenvalue weighted by molar-refractivity contribution is 7.19. The van der Waals surface area contributed by atoms with E-state index < -0.39 is 23.1 Å². The van der Waals surface area contributed by atoms with Crippen LogP contribution in [0.2, 0.25) is 0 Å². The average Bonchev–Trinajstić information content (AvgIpc) is 2.95. The fourth-order valence-corrected chi connectivity index (χ4v) is 3.31. The van der Waals surface area contributed by atoms with Crippen LogP contribution in [0.3, 0.4) is 0 Å². The maximum absolute atomic E-state index is 13.7. The quantitative estimate of drug-likeness (QED) is 0.736. The molecule has 128 valence electrons. The van der Waals surface area contributed by atoms with E-state index in [1.54, 1.807) is 14.0 Å². The van der Waals surface area contributed by atoms with Crippen LogP contribution in [-0.2, 0) is 0 Å². The van der Waals surface area contributed by atoms with Crippen LogP contribution >= 0.6 is 11.3 Å². The molecule has 1 amide bonds. The summed E-state index contributed by atoms with van der Waals surface area (Å²) in [6.07, 6.45) is 0. The first-order valence-electron chi connectivity index (χ1n) is 7.37. The van der Waals surface area contributed by atoms with Gasteiger partial charge in [-0.3, -0.25) is 10.1 Å². The van der Waals surface area contributed by atoms with Gasteiger partial charge < -0.3 is 4.74 Å². The molecule has 4 nitrogen and oxygen atoms in total. The van der Waals surface area contributed by atoms with Crippen molar-refractivity contribution in [1.29, 1.82) is 0 Å². The number of halogens is 2. The van der Waals surface area contributed by atoms with Crippen molar-refractivity contribution in [3.63, 3.8) is 0 Å². The number of ether oxygens (including phenoxy) is 1. The molecule has 1 N–H and O–H groups in total. The number of rotatable bonds is 4. The molecular weight excluding hydrogens is 346 g/mol. The molecule has 0 spiro atoms. The van der Waals surface area contributed by atoms with Crippen LogP contribution in [0.15, 0.2) is 42.5 Å². The Hall–Kier alpha value is -2.80. The Morgan fingerprint density at radius 1 is 1.16 bits per heavy atom. The normalized spacial score (nSPS) is 10.6. The second-order valence-electron chi connectivity index (χ2n) is 5.22. The highest BCUT2D eigenvalue weighted by atomic mass is 32.1. The minimum absolute atomic E-state index is 0.267. The van der Waals surface area contributed by atoms with Crippen LogP contribution in [0.1, 0.15) is 16.1 Å². The maximum atomic E-state index is 13.7. The van der Waals surface area contributed by atoms with Crippen molar-refractivity contribution in [2.75, 3.05) is 12.4 Å². The molecular formula is C18H14F2N2O2S. The number of nitrogens with one attached hydrogen (secondary N) is 1. The first-order valence-corrected chi connectivity index (χ1v) is 8.18. The molecule has 0 saturated carbocycles. The smallest absolute Gasteiger partial charge is 0.263 e. The lowest BCUT2D eigenvalue weighted by Crippen LogP contribution is -2.15. The number of carbonyl (C=O) groups excluding carboxylic acids is 1. The van der Waals surface area contributed by atoms with Crippen molar-refractivity contribution in [2.45, 2.75) is 6.92 Å². The van der Waals surface area contributed by atoms with Crippen molar-refractivity contribution in [2.24, 2.45) is 0 Å². The molecule has 0 aliphatic rings. The number of hydrogen-bond donors (Lipinski definition) is 1. The summed E-state index contributed by atoms with van der Waals surface area (Å²) in [5, 5.41) is 2.72. The Morgan fingerprint density at radius 3 is 2.52 bits per heavy atom. The Labute approximate surface area is 147 Å². The molecule has 0 aliphatic carbocycles. The van der Waals surface area contributed by atoms with Crippen LogP contribution < -0.4 is 10.1 Å². The van der Waals surface area contributed by atoms with Crippen molar-refractivity contribution in [3.05, 3.63) is 65.4 Å². The summed E-state index contributed by atoms with van der Waals surface area (Å²) in [6.45, 7) is 1.80. The van der Waals surface area contributed by atoms with Gasteiger partial charge in [-0.25, -0.2) is 13.8 Å². The molecule has 3 rings (SSSR count). The van der Waals surface area contributed by atoms with Crippen LogP contribution in [0.5, 0.6) is 5.75 Å². The number of hydrogen-bond acceptors (Lipinski definition) is 4. The fourth-order valence-electron chi connectivity index (χ4n) is 2.36. The molecule has 0 bridgehead atoms. The molecule has 0 fully saturated rings. The van der Waals surface area contributed by atoms with Gasteiger partial charge in [0.2, 0.25) is 0 Å². The average molecular weight is 360 g/mol. The third-order valence-electron chi connectivity index (χ3n) is 3.54. The van der Waals surface area contributed by atoms with Gasteiger partial charge in [0.25, 0.3) is 5.91 Å². The number of nitrogens with zero attached hydrogens (tertiary/aromatic N) is 1. The minimum Gasteiger partial charge on any atom is -0.497 e. The van der Waals surface area contributed by atoms with Gasteiger partial charge in [0.05, 0.1) is 17.7 Å². The van der Waals surface area contributed by atoms with Gasteiger partial charge in [-0.05, 0) is 36.8 Å². The summed E-state index contributed by atoms with van der Waals surface area (Å²) in [5.41, 5.74) is 0.952. The van der Waals surface area contributed by atoms with Gasteiger partial charge in [0.15, 0.2) is 5.13 Å². The van der Waals surface area contributed by atoms with Gasteiger partial charge in [-0.15, -0.1) is 0 Å². The molecule has 0 aliphatic heterocycles. The molecule has 0 radical (unpaired) electrons.